The second kappa shape index (κ2) is 15.8. The first-order valence-electron chi connectivity index (χ1n) is 14.3. The molecule has 39 heavy (non-hydrogen) atoms. The summed E-state index contributed by atoms with van der Waals surface area (Å²) in [5.74, 6) is -0.592. The molecule has 0 heterocycles. The number of amidine groups is 1. The van der Waals surface area contributed by atoms with Gasteiger partial charge in [-0.1, -0.05) is 99.2 Å². The molecular formula is C31H41N3O5. The number of rotatable bonds is 10. The molecule has 8 nitrogen and oxygen atoms in total. The summed E-state index contributed by atoms with van der Waals surface area (Å²) in [6.07, 6.45) is 10.7. The number of benzene rings is 2. The van der Waals surface area contributed by atoms with Gasteiger partial charge in [-0.05, 0) is 36.8 Å². The van der Waals surface area contributed by atoms with E-state index in [1.165, 1.54) is 25.7 Å². The molecule has 1 amide bonds. The van der Waals surface area contributed by atoms with Crippen molar-refractivity contribution in [3.8, 4) is 0 Å². The van der Waals surface area contributed by atoms with E-state index in [-0.39, 0.29) is 25.9 Å². The Hall–Kier alpha value is -3.55. The van der Waals surface area contributed by atoms with Gasteiger partial charge in [0.2, 0.25) is 0 Å². The Morgan fingerprint density at radius 1 is 0.744 bits per heavy atom. The number of aliphatic imine (C=N–C) groups is 1. The fourth-order valence-corrected chi connectivity index (χ4v) is 4.98. The highest BCUT2D eigenvalue weighted by molar-refractivity contribution is 5.82. The second-order valence-corrected chi connectivity index (χ2v) is 10.4. The van der Waals surface area contributed by atoms with Gasteiger partial charge in [0.1, 0.15) is 19.8 Å². The number of amides is 1. The number of esters is 1. The third-order valence-corrected chi connectivity index (χ3v) is 7.21. The first-order valence-corrected chi connectivity index (χ1v) is 14.3. The Labute approximate surface area is 231 Å². The lowest BCUT2D eigenvalue weighted by atomic mass is 9.95. The SMILES string of the molecule is O=C(NC(COC(=NC1CCCCC1)NC1CCCCC1)C(=O)OCc1ccccc1)OCc1ccccc1. The molecule has 0 saturated heterocycles. The minimum absolute atomic E-state index is 0.0942. The molecule has 4 rings (SSSR count). The van der Waals surface area contributed by atoms with Gasteiger partial charge in [-0.2, -0.15) is 0 Å². The fraction of sp³-hybridized carbons (Fsp3) is 0.516. The lowest BCUT2D eigenvalue weighted by Crippen LogP contribution is -2.47. The predicted molar refractivity (Wildman–Crippen MR) is 150 cm³/mol. The van der Waals surface area contributed by atoms with Crippen LogP contribution in [0.4, 0.5) is 4.79 Å². The number of hydrogen-bond donors (Lipinski definition) is 2. The van der Waals surface area contributed by atoms with E-state index in [9.17, 15) is 9.59 Å². The molecule has 2 aromatic carbocycles. The largest absolute Gasteiger partial charge is 0.462 e. The van der Waals surface area contributed by atoms with Gasteiger partial charge >= 0.3 is 12.1 Å². The number of carbonyl (C=O) groups excluding carboxylic acids is 2. The summed E-state index contributed by atoms with van der Waals surface area (Å²) in [4.78, 5) is 30.6. The topological polar surface area (TPSA) is 98.2 Å². The lowest BCUT2D eigenvalue weighted by Gasteiger charge is -2.27. The molecule has 0 spiro atoms. The van der Waals surface area contributed by atoms with Gasteiger partial charge in [0.25, 0.3) is 6.02 Å². The van der Waals surface area contributed by atoms with Gasteiger partial charge < -0.3 is 24.8 Å². The van der Waals surface area contributed by atoms with Crippen LogP contribution in [0.2, 0.25) is 0 Å². The van der Waals surface area contributed by atoms with Crippen LogP contribution in [0.1, 0.15) is 75.3 Å². The van der Waals surface area contributed by atoms with Gasteiger partial charge in [0.05, 0.1) is 6.04 Å². The number of hydrogen-bond acceptors (Lipinski definition) is 6. The average Bonchev–Trinajstić information content (AvgIpc) is 2.99. The summed E-state index contributed by atoms with van der Waals surface area (Å²) in [6, 6.07) is 18.7. The van der Waals surface area contributed by atoms with Gasteiger partial charge in [0, 0.05) is 6.04 Å². The highest BCUT2D eigenvalue weighted by Gasteiger charge is 2.26. The van der Waals surface area contributed by atoms with Crippen LogP contribution in [-0.4, -0.2) is 42.8 Å². The van der Waals surface area contributed by atoms with Crippen molar-refractivity contribution in [2.75, 3.05) is 6.61 Å². The van der Waals surface area contributed by atoms with E-state index < -0.39 is 18.1 Å². The number of alkyl carbamates (subject to hydrolysis) is 1. The summed E-state index contributed by atoms with van der Waals surface area (Å²) in [5, 5.41) is 6.13. The fourth-order valence-electron chi connectivity index (χ4n) is 4.98. The van der Waals surface area contributed by atoms with Crippen molar-refractivity contribution in [2.45, 2.75) is 95.5 Å². The van der Waals surface area contributed by atoms with E-state index in [1.807, 2.05) is 60.7 Å². The van der Waals surface area contributed by atoms with Crippen molar-refractivity contribution < 1.29 is 23.8 Å². The molecule has 1 unspecified atom stereocenters. The minimum atomic E-state index is -1.05. The van der Waals surface area contributed by atoms with E-state index in [0.717, 1.165) is 49.7 Å². The third kappa shape index (κ3) is 10.3. The van der Waals surface area contributed by atoms with Crippen molar-refractivity contribution in [2.24, 2.45) is 4.99 Å². The quantitative estimate of drug-likeness (QED) is 0.232. The highest BCUT2D eigenvalue weighted by Crippen LogP contribution is 2.21. The third-order valence-electron chi connectivity index (χ3n) is 7.21. The number of nitrogens with one attached hydrogen (secondary N) is 2. The van der Waals surface area contributed by atoms with E-state index >= 15 is 0 Å². The summed E-state index contributed by atoms with van der Waals surface area (Å²) in [7, 11) is 0. The first-order chi connectivity index (χ1) is 19.2. The molecule has 0 aliphatic heterocycles. The molecule has 210 valence electrons. The maximum Gasteiger partial charge on any atom is 0.408 e. The van der Waals surface area contributed by atoms with Crippen LogP contribution in [0, 0.1) is 0 Å². The van der Waals surface area contributed by atoms with Crippen LogP contribution in [0.25, 0.3) is 0 Å². The number of ether oxygens (including phenoxy) is 3. The van der Waals surface area contributed by atoms with Crippen LogP contribution in [0.15, 0.2) is 65.7 Å². The minimum Gasteiger partial charge on any atom is -0.462 e. The Bertz CT molecular complexity index is 1030. The number of nitrogens with zero attached hydrogens (tertiary/aromatic N) is 1. The van der Waals surface area contributed by atoms with Crippen molar-refractivity contribution in [3.63, 3.8) is 0 Å². The summed E-state index contributed by atoms with van der Waals surface area (Å²) in [5.41, 5.74) is 1.71. The summed E-state index contributed by atoms with van der Waals surface area (Å²) < 4.78 is 17.0. The maximum absolute atomic E-state index is 13.1. The molecule has 2 aromatic rings. The predicted octanol–water partition coefficient (Wildman–Crippen LogP) is 5.65. The van der Waals surface area contributed by atoms with Crippen LogP contribution >= 0.6 is 0 Å². The van der Waals surface area contributed by atoms with Crippen molar-refractivity contribution in [3.05, 3.63) is 71.8 Å². The molecule has 0 radical (unpaired) electrons. The lowest BCUT2D eigenvalue weighted by molar-refractivity contribution is -0.148. The van der Waals surface area contributed by atoms with Crippen molar-refractivity contribution in [1.82, 2.24) is 10.6 Å². The van der Waals surface area contributed by atoms with Crippen LogP contribution < -0.4 is 10.6 Å². The van der Waals surface area contributed by atoms with E-state index in [0.29, 0.717) is 12.1 Å². The molecule has 8 heteroatoms. The molecule has 0 aromatic heterocycles. The zero-order chi connectivity index (χ0) is 27.1. The normalized spacial score (nSPS) is 17.6. The van der Waals surface area contributed by atoms with E-state index in [4.69, 9.17) is 19.2 Å². The zero-order valence-electron chi connectivity index (χ0n) is 22.7. The van der Waals surface area contributed by atoms with Crippen LogP contribution in [0.5, 0.6) is 0 Å². The Kier molecular flexibility index (Phi) is 11.5. The van der Waals surface area contributed by atoms with Crippen molar-refractivity contribution in [1.29, 1.82) is 0 Å². The monoisotopic (exact) mass is 535 g/mol. The Morgan fingerprint density at radius 3 is 1.92 bits per heavy atom. The van der Waals surface area contributed by atoms with Crippen molar-refractivity contribution >= 4 is 18.1 Å². The summed E-state index contributed by atoms with van der Waals surface area (Å²) >= 11 is 0. The van der Waals surface area contributed by atoms with Crippen LogP contribution in [0.3, 0.4) is 0 Å². The van der Waals surface area contributed by atoms with Crippen LogP contribution in [-0.2, 0) is 32.2 Å². The van der Waals surface area contributed by atoms with Gasteiger partial charge in [-0.25, -0.2) is 14.6 Å². The molecule has 2 fully saturated rings. The first kappa shape index (κ1) is 28.5. The van der Waals surface area contributed by atoms with Gasteiger partial charge in [0.15, 0.2) is 6.04 Å². The summed E-state index contributed by atoms with van der Waals surface area (Å²) in [6.45, 7) is 0.0799. The van der Waals surface area contributed by atoms with E-state index in [2.05, 4.69) is 10.6 Å². The highest BCUT2D eigenvalue weighted by atomic mass is 16.6. The smallest absolute Gasteiger partial charge is 0.408 e. The van der Waals surface area contributed by atoms with Gasteiger partial charge in [-0.3, -0.25) is 0 Å². The molecule has 2 aliphatic rings. The Balaban J connectivity index is 1.40. The molecule has 2 saturated carbocycles. The molecule has 2 aliphatic carbocycles. The molecule has 2 N–H and O–H groups in total. The standard InChI is InChI=1S/C31H41N3O5/c35-29(37-21-24-13-5-1-6-14-24)28(34-31(36)39-22-25-15-7-2-8-16-25)23-38-30(32-26-17-9-3-10-18-26)33-27-19-11-4-12-20-27/h1-2,5-8,13-16,26-28H,3-4,9-12,17-23H2,(H,32,33)(H,34,36). The van der Waals surface area contributed by atoms with Gasteiger partial charge in [-0.15, -0.1) is 0 Å². The zero-order valence-corrected chi connectivity index (χ0v) is 22.7. The van der Waals surface area contributed by atoms with E-state index in [1.54, 1.807) is 0 Å². The molecule has 0 bridgehead atoms. The second-order valence-electron chi connectivity index (χ2n) is 10.4. The molecule has 1 atom stereocenters. The Morgan fingerprint density at radius 2 is 1.31 bits per heavy atom. The maximum atomic E-state index is 13.1. The average molecular weight is 536 g/mol. The number of carbonyl (C=O) groups is 2. The molecular weight excluding hydrogens is 494 g/mol.